The molecule has 24 heavy (non-hydrogen) atoms. The molecule has 4 fully saturated rings. The fraction of sp³-hybridized carbons (Fsp3) is 0.824. The van der Waals surface area contributed by atoms with E-state index in [1.54, 1.807) is 4.90 Å². The highest BCUT2D eigenvalue weighted by Gasteiger charge is 2.58. The molecule has 3 heterocycles. The molecule has 7 nitrogen and oxygen atoms in total. The third kappa shape index (κ3) is 2.27. The van der Waals surface area contributed by atoms with E-state index in [0.29, 0.717) is 13.0 Å². The second-order valence-corrected chi connectivity index (χ2v) is 7.56. The quantitative estimate of drug-likeness (QED) is 0.818. The zero-order chi connectivity index (χ0) is 16.8. The van der Waals surface area contributed by atoms with Crippen molar-refractivity contribution in [3.05, 3.63) is 0 Å². The molecule has 0 aromatic rings. The molecule has 5 atom stereocenters. The monoisotopic (exact) mass is 332 g/mol. The summed E-state index contributed by atoms with van der Waals surface area (Å²) in [5.41, 5.74) is 0. The number of fused-ring (bicyclic) bond motifs is 2. The van der Waals surface area contributed by atoms with Crippen molar-refractivity contribution in [3.63, 3.8) is 0 Å². The van der Waals surface area contributed by atoms with Crippen molar-refractivity contribution in [2.24, 2.45) is 5.92 Å². The molecule has 130 valence electrons. The number of hydrogen-bond donors (Lipinski definition) is 1. The molecule has 0 radical (unpaired) electrons. The average Bonchev–Trinajstić information content (AvgIpc) is 3.35. The molecule has 0 unspecified atom stereocenters. The molecule has 1 N–H and O–H groups in total. The second kappa shape index (κ2) is 5.92. The van der Waals surface area contributed by atoms with E-state index in [-0.39, 0.29) is 30.0 Å². The van der Waals surface area contributed by atoms with Crippen LogP contribution in [-0.4, -0.2) is 75.6 Å². The van der Waals surface area contributed by atoms with Gasteiger partial charge in [-0.05, 0) is 57.5 Å². The minimum atomic E-state index is -0.988. The molecule has 3 saturated heterocycles. The number of nitriles is 1. The number of carbonyl (C=O) groups excluding carboxylic acids is 1. The highest BCUT2D eigenvalue weighted by atomic mass is 16.4. The van der Waals surface area contributed by atoms with Gasteiger partial charge in [0, 0.05) is 12.6 Å². The largest absolute Gasteiger partial charge is 0.465 e. The SMILES string of the molecule is N#C[C@@H]1CCCN1C(=O)[C@@H]1[C@@H]2C[C@@H](N3CCCC3)[C@H](C2)N1C(=O)O. The Morgan fingerprint density at radius 1 is 1.04 bits per heavy atom. The van der Waals surface area contributed by atoms with Gasteiger partial charge in [0.2, 0.25) is 5.91 Å². The third-order valence-corrected chi connectivity index (χ3v) is 6.40. The summed E-state index contributed by atoms with van der Waals surface area (Å²) >= 11 is 0. The van der Waals surface area contributed by atoms with Crippen LogP contribution in [0.4, 0.5) is 4.79 Å². The number of rotatable bonds is 2. The lowest BCUT2D eigenvalue weighted by atomic mass is 9.94. The highest BCUT2D eigenvalue weighted by molar-refractivity contribution is 5.87. The molecule has 3 aliphatic heterocycles. The first-order valence-corrected chi connectivity index (χ1v) is 9.07. The predicted molar refractivity (Wildman–Crippen MR) is 85.1 cm³/mol. The lowest BCUT2D eigenvalue weighted by Gasteiger charge is -2.41. The Bertz CT molecular complexity index is 583. The van der Waals surface area contributed by atoms with Crippen molar-refractivity contribution in [2.45, 2.75) is 62.7 Å². The lowest BCUT2D eigenvalue weighted by molar-refractivity contribution is -0.138. The van der Waals surface area contributed by atoms with E-state index in [1.807, 2.05) is 0 Å². The molecular weight excluding hydrogens is 308 g/mol. The van der Waals surface area contributed by atoms with Crippen LogP contribution in [0.5, 0.6) is 0 Å². The van der Waals surface area contributed by atoms with Gasteiger partial charge >= 0.3 is 6.09 Å². The van der Waals surface area contributed by atoms with Crippen LogP contribution in [0.3, 0.4) is 0 Å². The van der Waals surface area contributed by atoms with Gasteiger partial charge in [-0.3, -0.25) is 14.6 Å². The number of piperidine rings is 1. The smallest absolute Gasteiger partial charge is 0.408 e. The highest BCUT2D eigenvalue weighted by Crippen LogP contribution is 2.46. The van der Waals surface area contributed by atoms with Gasteiger partial charge in [-0.1, -0.05) is 0 Å². The molecule has 1 aliphatic carbocycles. The fourth-order valence-electron chi connectivity index (χ4n) is 5.40. The maximum absolute atomic E-state index is 13.0. The summed E-state index contributed by atoms with van der Waals surface area (Å²) in [7, 11) is 0. The number of likely N-dealkylation sites (tertiary alicyclic amines) is 3. The van der Waals surface area contributed by atoms with Crippen LogP contribution in [0.15, 0.2) is 0 Å². The summed E-state index contributed by atoms with van der Waals surface area (Å²) in [5.74, 6) is -0.0436. The van der Waals surface area contributed by atoms with Gasteiger partial charge in [-0.15, -0.1) is 0 Å². The second-order valence-electron chi connectivity index (χ2n) is 7.56. The molecular formula is C17H24N4O3. The molecule has 4 rings (SSSR count). The van der Waals surface area contributed by atoms with Crippen molar-refractivity contribution < 1.29 is 14.7 Å². The number of hydrogen-bond acceptors (Lipinski definition) is 4. The van der Waals surface area contributed by atoms with Crippen LogP contribution in [0.1, 0.15) is 38.5 Å². The Balaban J connectivity index is 1.55. The van der Waals surface area contributed by atoms with Crippen LogP contribution in [-0.2, 0) is 4.79 Å². The van der Waals surface area contributed by atoms with Crippen LogP contribution >= 0.6 is 0 Å². The van der Waals surface area contributed by atoms with E-state index in [4.69, 9.17) is 0 Å². The van der Waals surface area contributed by atoms with Crippen LogP contribution in [0, 0.1) is 17.2 Å². The minimum absolute atomic E-state index is 0.0670. The van der Waals surface area contributed by atoms with Crippen molar-refractivity contribution >= 4 is 12.0 Å². The van der Waals surface area contributed by atoms with E-state index in [0.717, 1.165) is 32.4 Å². The first-order valence-electron chi connectivity index (χ1n) is 9.07. The van der Waals surface area contributed by atoms with Crippen molar-refractivity contribution in [1.82, 2.24) is 14.7 Å². The molecule has 0 spiro atoms. The maximum atomic E-state index is 13.0. The fourth-order valence-corrected chi connectivity index (χ4v) is 5.40. The predicted octanol–water partition coefficient (Wildman–Crippen LogP) is 1.11. The van der Waals surface area contributed by atoms with E-state index in [9.17, 15) is 20.0 Å². The van der Waals surface area contributed by atoms with Gasteiger partial charge in [0.1, 0.15) is 12.1 Å². The maximum Gasteiger partial charge on any atom is 0.408 e. The molecule has 1 saturated carbocycles. The van der Waals surface area contributed by atoms with Crippen LogP contribution in [0.25, 0.3) is 0 Å². The summed E-state index contributed by atoms with van der Waals surface area (Å²) in [6.45, 7) is 2.67. The van der Waals surface area contributed by atoms with Gasteiger partial charge in [-0.2, -0.15) is 5.26 Å². The Hall–Kier alpha value is -1.81. The van der Waals surface area contributed by atoms with Crippen LogP contribution in [0.2, 0.25) is 0 Å². The van der Waals surface area contributed by atoms with Gasteiger partial charge in [0.25, 0.3) is 0 Å². The minimum Gasteiger partial charge on any atom is -0.465 e. The van der Waals surface area contributed by atoms with Gasteiger partial charge < -0.3 is 10.0 Å². The Morgan fingerprint density at radius 2 is 1.75 bits per heavy atom. The van der Waals surface area contributed by atoms with E-state index in [2.05, 4.69) is 11.0 Å². The normalized spacial score (nSPS) is 38.7. The van der Waals surface area contributed by atoms with Gasteiger partial charge in [0.05, 0.1) is 12.1 Å². The Kier molecular flexibility index (Phi) is 3.87. The van der Waals surface area contributed by atoms with Gasteiger partial charge in [0.15, 0.2) is 0 Å². The summed E-state index contributed by atoms with van der Waals surface area (Å²) in [4.78, 5) is 30.4. The average molecular weight is 332 g/mol. The number of nitrogens with zero attached hydrogens (tertiary/aromatic N) is 4. The molecule has 2 amide bonds. The van der Waals surface area contributed by atoms with Crippen LogP contribution < -0.4 is 0 Å². The molecule has 7 heteroatoms. The molecule has 2 bridgehead atoms. The standard InChI is InChI=1S/C17H24N4O3/c18-10-12-4-3-7-20(12)16(22)15-11-8-13(19-5-1-2-6-19)14(9-11)21(15)17(23)24/h11-15H,1-9H2,(H,23,24)/t11-,12+,13-,14+,15+/m1/s1. The van der Waals surface area contributed by atoms with Crippen molar-refractivity contribution in [1.29, 1.82) is 5.26 Å². The third-order valence-electron chi connectivity index (χ3n) is 6.40. The topological polar surface area (TPSA) is 87.9 Å². The van der Waals surface area contributed by atoms with E-state index < -0.39 is 12.1 Å². The number of carbonyl (C=O) groups is 2. The number of amides is 2. The molecule has 4 aliphatic rings. The Labute approximate surface area is 141 Å². The number of carboxylic acid groups (broad SMARTS) is 1. The summed E-state index contributed by atoms with van der Waals surface area (Å²) in [6.07, 6.45) is 4.60. The van der Waals surface area contributed by atoms with E-state index >= 15 is 0 Å². The summed E-state index contributed by atoms with van der Waals surface area (Å²) < 4.78 is 0. The lowest BCUT2D eigenvalue weighted by Crippen LogP contribution is -2.59. The first kappa shape index (κ1) is 15.7. The zero-order valence-corrected chi connectivity index (χ0v) is 13.8. The zero-order valence-electron chi connectivity index (χ0n) is 13.8. The van der Waals surface area contributed by atoms with E-state index in [1.165, 1.54) is 17.7 Å². The van der Waals surface area contributed by atoms with Gasteiger partial charge in [-0.25, -0.2) is 4.79 Å². The molecule has 0 aromatic heterocycles. The van der Waals surface area contributed by atoms with Crippen molar-refractivity contribution in [3.8, 4) is 6.07 Å². The first-order chi connectivity index (χ1) is 11.6. The van der Waals surface area contributed by atoms with Crippen molar-refractivity contribution in [2.75, 3.05) is 19.6 Å². The molecule has 0 aromatic carbocycles. The summed E-state index contributed by atoms with van der Waals surface area (Å²) in [6, 6.07) is 1.42. The Morgan fingerprint density at radius 3 is 2.42 bits per heavy atom. The summed E-state index contributed by atoms with van der Waals surface area (Å²) in [5, 5.41) is 19.0.